The quantitative estimate of drug-likeness (QED) is 0.876. The second kappa shape index (κ2) is 6.13. The van der Waals surface area contributed by atoms with Crippen LogP contribution in [0.2, 0.25) is 0 Å². The molecule has 0 spiro atoms. The topological polar surface area (TPSA) is 70.1 Å². The van der Waals surface area contributed by atoms with Gasteiger partial charge in [0.1, 0.15) is 5.75 Å². The molecular weight excluding hydrogens is 272 g/mol. The Balaban J connectivity index is 2.21. The second-order valence-corrected chi connectivity index (χ2v) is 5.46. The molecule has 0 aromatic heterocycles. The van der Waals surface area contributed by atoms with E-state index >= 15 is 0 Å². The Hall–Kier alpha value is -2.08. The molecule has 0 saturated heterocycles. The van der Waals surface area contributed by atoms with Gasteiger partial charge in [-0.15, -0.1) is 0 Å². The summed E-state index contributed by atoms with van der Waals surface area (Å²) in [6.45, 7) is 0.0577. The fraction of sp³-hybridized carbons (Fsp3) is 0.467. The summed E-state index contributed by atoms with van der Waals surface area (Å²) in [5.41, 5.74) is 1.72. The molecule has 2 rings (SSSR count). The average molecular weight is 292 g/mol. The number of hydrogen-bond donors (Lipinski definition) is 1. The third-order valence-corrected chi connectivity index (χ3v) is 3.72. The first-order chi connectivity index (χ1) is 9.88. The molecule has 0 aliphatic carbocycles. The molecule has 21 heavy (non-hydrogen) atoms. The number of carboxylic acids is 1. The smallest absolute Gasteiger partial charge is 0.304 e. The zero-order chi connectivity index (χ0) is 15.6. The molecule has 1 aliphatic rings. The number of nitrogens with zero attached hydrogens (tertiary/aromatic N) is 2. The number of rotatable bonds is 5. The Kier molecular flexibility index (Phi) is 4.47. The van der Waals surface area contributed by atoms with Crippen molar-refractivity contribution >= 4 is 17.6 Å². The first-order valence-electron chi connectivity index (χ1n) is 6.79. The molecule has 0 fully saturated rings. The van der Waals surface area contributed by atoms with Crippen LogP contribution in [-0.2, 0) is 16.0 Å². The van der Waals surface area contributed by atoms with Crippen LogP contribution in [0.5, 0.6) is 5.75 Å². The number of carbonyl (C=O) groups is 2. The summed E-state index contributed by atoms with van der Waals surface area (Å²) in [5.74, 6) is -0.225. The average Bonchev–Trinajstić information content (AvgIpc) is 2.42. The number of anilines is 1. The summed E-state index contributed by atoms with van der Waals surface area (Å²) >= 11 is 0. The Bertz CT molecular complexity index is 557. The molecule has 1 aromatic rings. The van der Waals surface area contributed by atoms with Crippen LogP contribution in [0.1, 0.15) is 12.0 Å². The largest absolute Gasteiger partial charge is 0.482 e. The zero-order valence-corrected chi connectivity index (χ0v) is 12.5. The van der Waals surface area contributed by atoms with E-state index in [0.717, 1.165) is 11.3 Å². The first kappa shape index (κ1) is 15.3. The third-order valence-electron chi connectivity index (χ3n) is 3.72. The minimum Gasteiger partial charge on any atom is -0.482 e. The van der Waals surface area contributed by atoms with Gasteiger partial charge in [-0.05, 0) is 38.2 Å². The standard InChI is InChI=1S/C15H20N2O4/c1-16(2)11(8-15(19)20)6-10-4-5-13-12(7-10)17(3)14(18)9-21-13/h4-5,7,11H,6,8-9H2,1-3H3,(H,19,20). The molecule has 1 heterocycles. The maximum Gasteiger partial charge on any atom is 0.304 e. The van der Waals surface area contributed by atoms with E-state index in [0.29, 0.717) is 12.2 Å². The molecular formula is C15H20N2O4. The molecule has 0 radical (unpaired) electrons. The van der Waals surface area contributed by atoms with Crippen molar-refractivity contribution in [1.29, 1.82) is 0 Å². The zero-order valence-electron chi connectivity index (χ0n) is 12.5. The Morgan fingerprint density at radius 1 is 1.48 bits per heavy atom. The molecule has 114 valence electrons. The van der Waals surface area contributed by atoms with Gasteiger partial charge in [0.15, 0.2) is 6.61 Å². The molecule has 1 amide bonds. The molecule has 1 aromatic carbocycles. The molecule has 1 atom stereocenters. The number of hydrogen-bond acceptors (Lipinski definition) is 4. The van der Waals surface area contributed by atoms with E-state index in [9.17, 15) is 9.59 Å². The highest BCUT2D eigenvalue weighted by Gasteiger charge is 2.23. The molecule has 6 nitrogen and oxygen atoms in total. The van der Waals surface area contributed by atoms with Crippen molar-refractivity contribution in [2.75, 3.05) is 32.6 Å². The molecule has 1 unspecified atom stereocenters. The fourth-order valence-corrected chi connectivity index (χ4v) is 2.36. The maximum atomic E-state index is 11.7. The van der Waals surface area contributed by atoms with Gasteiger partial charge in [-0.25, -0.2) is 0 Å². The minimum absolute atomic E-state index is 0.0577. The maximum absolute atomic E-state index is 11.7. The predicted molar refractivity (Wildman–Crippen MR) is 78.8 cm³/mol. The lowest BCUT2D eigenvalue weighted by Crippen LogP contribution is -2.36. The van der Waals surface area contributed by atoms with Crippen molar-refractivity contribution in [1.82, 2.24) is 4.90 Å². The van der Waals surface area contributed by atoms with Crippen LogP contribution < -0.4 is 9.64 Å². The van der Waals surface area contributed by atoms with Gasteiger partial charge in [0.05, 0.1) is 12.1 Å². The highest BCUT2D eigenvalue weighted by Crippen LogP contribution is 2.32. The van der Waals surface area contributed by atoms with E-state index in [2.05, 4.69) is 0 Å². The van der Waals surface area contributed by atoms with E-state index in [-0.39, 0.29) is 25.0 Å². The summed E-state index contributed by atoms with van der Waals surface area (Å²) in [6.07, 6.45) is 0.684. The summed E-state index contributed by atoms with van der Waals surface area (Å²) in [5, 5.41) is 8.98. The third kappa shape index (κ3) is 3.52. The van der Waals surface area contributed by atoms with E-state index < -0.39 is 5.97 Å². The van der Waals surface area contributed by atoms with Gasteiger partial charge < -0.3 is 19.6 Å². The fourth-order valence-electron chi connectivity index (χ4n) is 2.36. The number of carbonyl (C=O) groups excluding carboxylic acids is 1. The van der Waals surface area contributed by atoms with Crippen LogP contribution in [-0.4, -0.2) is 55.7 Å². The van der Waals surface area contributed by atoms with Crippen molar-refractivity contribution < 1.29 is 19.4 Å². The van der Waals surface area contributed by atoms with Gasteiger partial charge in [-0.3, -0.25) is 9.59 Å². The molecule has 1 aliphatic heterocycles. The van der Waals surface area contributed by atoms with E-state index in [1.807, 2.05) is 37.2 Å². The number of ether oxygens (including phenoxy) is 1. The first-order valence-corrected chi connectivity index (χ1v) is 6.79. The van der Waals surface area contributed by atoms with Crippen molar-refractivity contribution in [3.05, 3.63) is 23.8 Å². The summed E-state index contributed by atoms with van der Waals surface area (Å²) < 4.78 is 5.38. The van der Waals surface area contributed by atoms with Gasteiger partial charge in [0, 0.05) is 13.1 Å². The van der Waals surface area contributed by atoms with Gasteiger partial charge in [-0.1, -0.05) is 6.07 Å². The monoisotopic (exact) mass is 292 g/mol. The van der Waals surface area contributed by atoms with Gasteiger partial charge in [-0.2, -0.15) is 0 Å². The van der Waals surface area contributed by atoms with Crippen LogP contribution in [0.25, 0.3) is 0 Å². The van der Waals surface area contributed by atoms with Crippen molar-refractivity contribution in [2.24, 2.45) is 0 Å². The number of amides is 1. The van der Waals surface area contributed by atoms with E-state index in [1.54, 1.807) is 11.9 Å². The SMILES string of the molecule is CN1C(=O)COc2ccc(CC(CC(=O)O)N(C)C)cc21. The predicted octanol–water partition coefficient (Wildman–Crippen LogP) is 0.989. The van der Waals surface area contributed by atoms with Crippen molar-refractivity contribution in [3.8, 4) is 5.75 Å². The summed E-state index contributed by atoms with van der Waals surface area (Å²) in [6, 6.07) is 5.55. The minimum atomic E-state index is -0.817. The Labute approximate surface area is 123 Å². The van der Waals surface area contributed by atoms with Gasteiger partial charge in [0.2, 0.25) is 0 Å². The highest BCUT2D eigenvalue weighted by molar-refractivity contribution is 5.97. The van der Waals surface area contributed by atoms with E-state index in [1.165, 1.54) is 0 Å². The van der Waals surface area contributed by atoms with Crippen LogP contribution in [0, 0.1) is 0 Å². The van der Waals surface area contributed by atoms with Crippen molar-refractivity contribution in [3.63, 3.8) is 0 Å². The van der Waals surface area contributed by atoms with Crippen LogP contribution >= 0.6 is 0 Å². The lowest BCUT2D eigenvalue weighted by Gasteiger charge is -2.27. The number of carboxylic acid groups (broad SMARTS) is 1. The van der Waals surface area contributed by atoms with Crippen LogP contribution in [0.4, 0.5) is 5.69 Å². The molecule has 6 heteroatoms. The molecule has 0 saturated carbocycles. The number of benzene rings is 1. The molecule has 1 N–H and O–H groups in total. The number of fused-ring (bicyclic) bond motifs is 1. The van der Waals surface area contributed by atoms with Crippen LogP contribution in [0.15, 0.2) is 18.2 Å². The normalized spacial score (nSPS) is 15.6. The van der Waals surface area contributed by atoms with Crippen LogP contribution in [0.3, 0.4) is 0 Å². The molecule has 0 bridgehead atoms. The van der Waals surface area contributed by atoms with Gasteiger partial charge in [0.25, 0.3) is 5.91 Å². The van der Waals surface area contributed by atoms with Crippen molar-refractivity contribution in [2.45, 2.75) is 18.9 Å². The Morgan fingerprint density at radius 2 is 2.19 bits per heavy atom. The van der Waals surface area contributed by atoms with Gasteiger partial charge >= 0.3 is 5.97 Å². The summed E-state index contributed by atoms with van der Waals surface area (Å²) in [4.78, 5) is 26.1. The highest BCUT2D eigenvalue weighted by atomic mass is 16.5. The number of likely N-dealkylation sites (N-methyl/N-ethyl adjacent to an activating group) is 2. The lowest BCUT2D eigenvalue weighted by molar-refractivity contribution is -0.138. The number of aliphatic carboxylic acids is 1. The summed E-state index contributed by atoms with van der Waals surface area (Å²) in [7, 11) is 5.45. The Morgan fingerprint density at radius 3 is 2.81 bits per heavy atom. The van der Waals surface area contributed by atoms with E-state index in [4.69, 9.17) is 9.84 Å². The lowest BCUT2D eigenvalue weighted by atomic mass is 10.0. The second-order valence-electron chi connectivity index (χ2n) is 5.46.